The van der Waals surface area contributed by atoms with Crippen molar-refractivity contribution in [2.24, 2.45) is 0 Å². The van der Waals surface area contributed by atoms with Gasteiger partial charge in [-0.05, 0) is 20.8 Å². The van der Waals surface area contributed by atoms with E-state index in [1.54, 1.807) is 18.1 Å². The summed E-state index contributed by atoms with van der Waals surface area (Å²) < 4.78 is 0. The number of nitrogens with one attached hydrogen (secondary N) is 1. The molecule has 0 aliphatic heterocycles. The standard InChI is InChI=1S/C11H18N4O/c1-5-15(8(2)3)11(16)9-6-14-10(12-4)7-13-9/h6-8H,5H2,1-4H3,(H,12,14). The third-order valence-corrected chi connectivity index (χ3v) is 2.35. The van der Waals surface area contributed by atoms with Gasteiger partial charge in [0.1, 0.15) is 11.5 Å². The Morgan fingerprint density at radius 1 is 1.44 bits per heavy atom. The summed E-state index contributed by atoms with van der Waals surface area (Å²) in [4.78, 5) is 21.9. The van der Waals surface area contributed by atoms with Crippen molar-refractivity contribution < 1.29 is 4.79 Å². The van der Waals surface area contributed by atoms with Crippen LogP contribution in [0.2, 0.25) is 0 Å². The van der Waals surface area contributed by atoms with Crippen LogP contribution in [0.3, 0.4) is 0 Å². The summed E-state index contributed by atoms with van der Waals surface area (Å²) in [6.45, 7) is 6.59. The van der Waals surface area contributed by atoms with E-state index in [4.69, 9.17) is 0 Å². The monoisotopic (exact) mass is 222 g/mol. The van der Waals surface area contributed by atoms with Crippen molar-refractivity contribution in [1.82, 2.24) is 14.9 Å². The first-order valence-electron chi connectivity index (χ1n) is 5.40. The van der Waals surface area contributed by atoms with Gasteiger partial charge in [-0.15, -0.1) is 0 Å². The highest BCUT2D eigenvalue weighted by Gasteiger charge is 2.18. The summed E-state index contributed by atoms with van der Waals surface area (Å²) in [5.41, 5.74) is 0.384. The largest absolute Gasteiger partial charge is 0.372 e. The number of rotatable bonds is 4. The van der Waals surface area contributed by atoms with E-state index in [0.29, 0.717) is 18.1 Å². The summed E-state index contributed by atoms with van der Waals surface area (Å²) in [5.74, 6) is 0.580. The zero-order valence-corrected chi connectivity index (χ0v) is 10.2. The molecule has 0 spiro atoms. The first kappa shape index (κ1) is 12.4. The van der Waals surface area contributed by atoms with Gasteiger partial charge in [-0.2, -0.15) is 0 Å². The minimum Gasteiger partial charge on any atom is -0.372 e. The molecule has 88 valence electrons. The molecule has 0 fully saturated rings. The molecule has 0 saturated carbocycles. The van der Waals surface area contributed by atoms with Gasteiger partial charge in [-0.3, -0.25) is 4.79 Å². The van der Waals surface area contributed by atoms with E-state index in [1.165, 1.54) is 6.20 Å². The summed E-state index contributed by atoms with van der Waals surface area (Å²) in [7, 11) is 1.76. The lowest BCUT2D eigenvalue weighted by Gasteiger charge is -2.24. The first-order chi connectivity index (χ1) is 7.60. The van der Waals surface area contributed by atoms with Gasteiger partial charge in [0.25, 0.3) is 5.91 Å². The molecule has 0 saturated heterocycles. The molecule has 0 unspecified atom stereocenters. The minimum atomic E-state index is -0.0762. The molecule has 5 heteroatoms. The smallest absolute Gasteiger partial charge is 0.274 e. The lowest BCUT2D eigenvalue weighted by Crippen LogP contribution is -2.37. The predicted octanol–water partition coefficient (Wildman–Crippen LogP) is 1.39. The van der Waals surface area contributed by atoms with Crippen molar-refractivity contribution in [3.8, 4) is 0 Å². The molecule has 0 atom stereocenters. The molecule has 1 amide bonds. The van der Waals surface area contributed by atoms with Crippen molar-refractivity contribution in [3.05, 3.63) is 18.1 Å². The Labute approximate surface area is 95.9 Å². The predicted molar refractivity (Wildman–Crippen MR) is 63.4 cm³/mol. The zero-order chi connectivity index (χ0) is 12.1. The average molecular weight is 222 g/mol. The third-order valence-electron chi connectivity index (χ3n) is 2.35. The van der Waals surface area contributed by atoms with E-state index in [1.807, 2.05) is 20.8 Å². The fourth-order valence-electron chi connectivity index (χ4n) is 1.46. The Kier molecular flexibility index (Phi) is 4.22. The van der Waals surface area contributed by atoms with Crippen LogP contribution in [0, 0.1) is 0 Å². The highest BCUT2D eigenvalue weighted by molar-refractivity contribution is 5.92. The normalized spacial score (nSPS) is 10.3. The average Bonchev–Trinajstić information content (AvgIpc) is 2.29. The lowest BCUT2D eigenvalue weighted by atomic mass is 10.3. The first-order valence-corrected chi connectivity index (χ1v) is 5.40. The fourth-order valence-corrected chi connectivity index (χ4v) is 1.46. The molecule has 1 N–H and O–H groups in total. The molecule has 0 bridgehead atoms. The number of nitrogens with zero attached hydrogens (tertiary/aromatic N) is 3. The molecule has 0 aliphatic rings. The van der Waals surface area contributed by atoms with Crippen molar-refractivity contribution in [2.45, 2.75) is 26.8 Å². The second-order valence-electron chi connectivity index (χ2n) is 3.72. The lowest BCUT2D eigenvalue weighted by molar-refractivity contribution is 0.0710. The summed E-state index contributed by atoms with van der Waals surface area (Å²) in [6, 6.07) is 0.170. The van der Waals surface area contributed by atoms with E-state index in [-0.39, 0.29) is 11.9 Å². The van der Waals surface area contributed by atoms with E-state index in [0.717, 1.165) is 0 Å². The minimum absolute atomic E-state index is 0.0762. The Morgan fingerprint density at radius 2 is 2.12 bits per heavy atom. The van der Waals surface area contributed by atoms with E-state index < -0.39 is 0 Å². The Hall–Kier alpha value is -1.65. The maximum absolute atomic E-state index is 12.0. The molecule has 5 nitrogen and oxygen atoms in total. The summed E-state index contributed by atoms with van der Waals surface area (Å²) in [6.07, 6.45) is 3.06. The van der Waals surface area contributed by atoms with Gasteiger partial charge in [0.15, 0.2) is 0 Å². The third kappa shape index (κ3) is 2.68. The second-order valence-corrected chi connectivity index (χ2v) is 3.72. The quantitative estimate of drug-likeness (QED) is 0.836. The molecule has 1 aromatic heterocycles. The van der Waals surface area contributed by atoms with Crippen molar-refractivity contribution in [2.75, 3.05) is 18.9 Å². The van der Waals surface area contributed by atoms with Gasteiger partial charge in [-0.1, -0.05) is 0 Å². The van der Waals surface area contributed by atoms with Crippen LogP contribution in [0.25, 0.3) is 0 Å². The molecule has 0 aliphatic carbocycles. The molecule has 0 radical (unpaired) electrons. The van der Waals surface area contributed by atoms with Crippen LogP contribution in [0.1, 0.15) is 31.3 Å². The number of aromatic nitrogens is 2. The Balaban J connectivity index is 2.86. The zero-order valence-electron chi connectivity index (χ0n) is 10.2. The number of hydrogen-bond acceptors (Lipinski definition) is 4. The molecular weight excluding hydrogens is 204 g/mol. The Bertz CT molecular complexity index is 348. The molecule has 1 aromatic rings. The van der Waals surface area contributed by atoms with Crippen LogP contribution in [0.15, 0.2) is 12.4 Å². The highest BCUT2D eigenvalue weighted by atomic mass is 16.2. The van der Waals surface area contributed by atoms with Crippen LogP contribution >= 0.6 is 0 Å². The van der Waals surface area contributed by atoms with Gasteiger partial charge in [0.2, 0.25) is 0 Å². The fraction of sp³-hybridized carbons (Fsp3) is 0.545. The number of carbonyl (C=O) groups excluding carboxylic acids is 1. The number of hydrogen-bond donors (Lipinski definition) is 1. The van der Waals surface area contributed by atoms with Crippen molar-refractivity contribution in [3.63, 3.8) is 0 Å². The summed E-state index contributed by atoms with van der Waals surface area (Å²) >= 11 is 0. The maximum atomic E-state index is 12.0. The van der Waals surface area contributed by atoms with Crippen LogP contribution in [-0.2, 0) is 0 Å². The van der Waals surface area contributed by atoms with E-state index >= 15 is 0 Å². The molecule has 0 aromatic carbocycles. The molecular formula is C11H18N4O. The second kappa shape index (κ2) is 5.44. The van der Waals surface area contributed by atoms with E-state index in [9.17, 15) is 4.79 Å². The molecule has 16 heavy (non-hydrogen) atoms. The van der Waals surface area contributed by atoms with Crippen LogP contribution in [0.5, 0.6) is 0 Å². The van der Waals surface area contributed by atoms with Crippen molar-refractivity contribution >= 4 is 11.7 Å². The number of amides is 1. The maximum Gasteiger partial charge on any atom is 0.274 e. The highest BCUT2D eigenvalue weighted by Crippen LogP contribution is 2.06. The van der Waals surface area contributed by atoms with Gasteiger partial charge >= 0.3 is 0 Å². The Morgan fingerprint density at radius 3 is 2.50 bits per heavy atom. The van der Waals surface area contributed by atoms with Crippen LogP contribution in [0.4, 0.5) is 5.82 Å². The molecule has 1 heterocycles. The SMILES string of the molecule is CCN(C(=O)c1cnc(NC)cn1)C(C)C. The van der Waals surface area contributed by atoms with Gasteiger partial charge < -0.3 is 10.2 Å². The van der Waals surface area contributed by atoms with Gasteiger partial charge in [0, 0.05) is 19.6 Å². The van der Waals surface area contributed by atoms with E-state index in [2.05, 4.69) is 15.3 Å². The van der Waals surface area contributed by atoms with Crippen molar-refractivity contribution in [1.29, 1.82) is 0 Å². The van der Waals surface area contributed by atoms with Gasteiger partial charge in [-0.25, -0.2) is 9.97 Å². The molecule has 1 rings (SSSR count). The number of anilines is 1. The summed E-state index contributed by atoms with van der Waals surface area (Å²) in [5, 5.41) is 2.86. The van der Waals surface area contributed by atoms with Crippen LogP contribution < -0.4 is 5.32 Å². The topological polar surface area (TPSA) is 58.1 Å². The number of carbonyl (C=O) groups is 1. The van der Waals surface area contributed by atoms with Gasteiger partial charge in [0.05, 0.1) is 12.4 Å². The van der Waals surface area contributed by atoms with Crippen LogP contribution in [-0.4, -0.2) is 40.4 Å².